The van der Waals surface area contributed by atoms with Gasteiger partial charge in [-0.25, -0.2) is 13.1 Å². The van der Waals surface area contributed by atoms with Crippen LogP contribution in [0.1, 0.15) is 42.0 Å². The van der Waals surface area contributed by atoms with Crippen molar-refractivity contribution in [1.82, 2.24) is 9.62 Å². The van der Waals surface area contributed by atoms with Crippen LogP contribution in [-0.2, 0) is 27.8 Å². The molecule has 1 aliphatic heterocycles. The molecule has 0 aromatic heterocycles. The average Bonchev–Trinajstić information content (AvgIpc) is 2.73. The molecule has 2 aromatic carbocycles. The number of morpholine rings is 1. The molecule has 0 bridgehead atoms. The molecule has 1 N–H and O–H groups in total. The first-order valence-corrected chi connectivity index (χ1v) is 11.8. The molecule has 7 heteroatoms. The van der Waals surface area contributed by atoms with Gasteiger partial charge in [0.25, 0.3) is 0 Å². The lowest BCUT2D eigenvalue weighted by molar-refractivity contribution is 0.0342. The number of hydrogen-bond donors (Lipinski definition) is 1. The zero-order valence-electron chi connectivity index (χ0n) is 18.3. The molecule has 2 aromatic rings. The highest BCUT2D eigenvalue weighted by atomic mass is 32.2. The van der Waals surface area contributed by atoms with E-state index in [2.05, 4.69) is 21.8 Å². The van der Waals surface area contributed by atoms with Gasteiger partial charge in [-0.05, 0) is 47.2 Å². The Kier molecular flexibility index (Phi) is 7.52. The molecule has 1 fully saturated rings. The van der Waals surface area contributed by atoms with Crippen molar-refractivity contribution in [2.45, 2.75) is 44.7 Å². The van der Waals surface area contributed by atoms with Crippen molar-refractivity contribution in [2.24, 2.45) is 0 Å². The van der Waals surface area contributed by atoms with Crippen LogP contribution in [0.25, 0.3) is 0 Å². The smallest absolute Gasteiger partial charge is 0.241 e. The van der Waals surface area contributed by atoms with Gasteiger partial charge in [-0.3, -0.25) is 4.90 Å². The van der Waals surface area contributed by atoms with Crippen molar-refractivity contribution in [3.05, 3.63) is 58.7 Å². The minimum absolute atomic E-state index is 0.161. The highest BCUT2D eigenvalue weighted by Crippen LogP contribution is 2.31. The molecule has 0 aliphatic carbocycles. The van der Waals surface area contributed by atoms with Crippen molar-refractivity contribution in [2.75, 3.05) is 33.4 Å². The lowest BCUT2D eigenvalue weighted by Crippen LogP contribution is -2.35. The number of hydrogen-bond acceptors (Lipinski definition) is 5. The van der Waals surface area contributed by atoms with Crippen LogP contribution in [0.2, 0.25) is 0 Å². The van der Waals surface area contributed by atoms with Gasteiger partial charge in [0.1, 0.15) is 5.75 Å². The van der Waals surface area contributed by atoms with Crippen LogP contribution in [0.5, 0.6) is 5.75 Å². The molecule has 1 aliphatic rings. The standard InChI is InChI=1S/C23H32N2O4S/c1-17(2)21-14-23(18(3)13-22(21)28-4)30(26,27)24-15-19-5-7-20(8-6-19)16-25-9-11-29-12-10-25/h5-8,13-14,17,24H,9-12,15-16H2,1-4H3. The Labute approximate surface area is 180 Å². The Hall–Kier alpha value is -1.93. The van der Waals surface area contributed by atoms with E-state index in [-0.39, 0.29) is 12.5 Å². The summed E-state index contributed by atoms with van der Waals surface area (Å²) in [6.07, 6.45) is 0. The van der Waals surface area contributed by atoms with Gasteiger partial charge < -0.3 is 9.47 Å². The van der Waals surface area contributed by atoms with E-state index in [0.29, 0.717) is 10.5 Å². The van der Waals surface area contributed by atoms with E-state index in [1.54, 1.807) is 26.2 Å². The molecule has 0 radical (unpaired) electrons. The highest BCUT2D eigenvalue weighted by molar-refractivity contribution is 7.89. The largest absolute Gasteiger partial charge is 0.496 e. The third kappa shape index (κ3) is 5.60. The molecule has 164 valence electrons. The predicted octanol–water partition coefficient (Wildman–Crippen LogP) is 3.44. The third-order valence-electron chi connectivity index (χ3n) is 5.44. The summed E-state index contributed by atoms with van der Waals surface area (Å²) in [4.78, 5) is 2.66. The van der Waals surface area contributed by atoms with E-state index >= 15 is 0 Å². The van der Waals surface area contributed by atoms with Gasteiger partial charge in [0.05, 0.1) is 25.2 Å². The summed E-state index contributed by atoms with van der Waals surface area (Å²) < 4.78 is 39.5. The maximum absolute atomic E-state index is 13.0. The molecule has 6 nitrogen and oxygen atoms in total. The average molecular weight is 433 g/mol. The summed E-state index contributed by atoms with van der Waals surface area (Å²) in [6.45, 7) is 10.4. The van der Waals surface area contributed by atoms with Crippen molar-refractivity contribution >= 4 is 10.0 Å². The van der Waals surface area contributed by atoms with Crippen molar-refractivity contribution in [3.63, 3.8) is 0 Å². The fraction of sp³-hybridized carbons (Fsp3) is 0.478. The minimum Gasteiger partial charge on any atom is -0.496 e. The Morgan fingerprint density at radius 2 is 1.73 bits per heavy atom. The molecule has 0 saturated carbocycles. The first kappa shape index (κ1) is 22.7. The number of nitrogens with one attached hydrogen (secondary N) is 1. The molecule has 3 rings (SSSR count). The quantitative estimate of drug-likeness (QED) is 0.692. The molecular formula is C23H32N2O4S. The second-order valence-electron chi connectivity index (χ2n) is 8.04. The van der Waals surface area contributed by atoms with Crippen LogP contribution in [0.3, 0.4) is 0 Å². The summed E-state index contributed by atoms with van der Waals surface area (Å²) >= 11 is 0. The fourth-order valence-corrected chi connectivity index (χ4v) is 4.91. The zero-order valence-corrected chi connectivity index (χ0v) is 19.1. The number of methoxy groups -OCH3 is 1. The number of ether oxygens (including phenoxy) is 2. The van der Waals surface area contributed by atoms with Gasteiger partial charge in [0.15, 0.2) is 0 Å². The Bertz CT molecular complexity index is 950. The van der Waals surface area contributed by atoms with E-state index in [4.69, 9.17) is 9.47 Å². The second kappa shape index (κ2) is 9.92. The first-order valence-electron chi connectivity index (χ1n) is 10.4. The summed E-state index contributed by atoms with van der Waals surface area (Å²) in [6, 6.07) is 11.6. The molecule has 0 atom stereocenters. The van der Waals surface area contributed by atoms with Crippen LogP contribution in [0.4, 0.5) is 0 Å². The van der Waals surface area contributed by atoms with E-state index in [9.17, 15) is 8.42 Å². The van der Waals surface area contributed by atoms with E-state index < -0.39 is 10.0 Å². The fourth-order valence-electron chi connectivity index (χ4n) is 3.63. The summed E-state index contributed by atoms with van der Waals surface area (Å²) in [5, 5.41) is 0. The number of sulfonamides is 1. The van der Waals surface area contributed by atoms with Crippen LogP contribution in [0, 0.1) is 6.92 Å². The van der Waals surface area contributed by atoms with Crippen molar-refractivity contribution < 1.29 is 17.9 Å². The van der Waals surface area contributed by atoms with E-state index in [1.807, 2.05) is 26.0 Å². The Morgan fingerprint density at radius 3 is 2.33 bits per heavy atom. The highest BCUT2D eigenvalue weighted by Gasteiger charge is 2.21. The van der Waals surface area contributed by atoms with Crippen LogP contribution in [0.15, 0.2) is 41.3 Å². The summed E-state index contributed by atoms with van der Waals surface area (Å²) in [7, 11) is -2.02. The topological polar surface area (TPSA) is 67.9 Å². The summed E-state index contributed by atoms with van der Waals surface area (Å²) in [5.74, 6) is 0.880. The lowest BCUT2D eigenvalue weighted by Gasteiger charge is -2.26. The molecule has 1 heterocycles. The van der Waals surface area contributed by atoms with Gasteiger partial charge >= 0.3 is 0 Å². The van der Waals surface area contributed by atoms with Crippen molar-refractivity contribution in [1.29, 1.82) is 0 Å². The number of benzene rings is 2. The predicted molar refractivity (Wildman–Crippen MR) is 118 cm³/mol. The van der Waals surface area contributed by atoms with Gasteiger partial charge in [0.2, 0.25) is 10.0 Å². The Morgan fingerprint density at radius 1 is 1.10 bits per heavy atom. The Balaban J connectivity index is 1.68. The van der Waals surface area contributed by atoms with Crippen LogP contribution < -0.4 is 9.46 Å². The van der Waals surface area contributed by atoms with Gasteiger partial charge in [-0.1, -0.05) is 38.1 Å². The SMILES string of the molecule is COc1cc(C)c(S(=O)(=O)NCc2ccc(CN3CCOCC3)cc2)cc1C(C)C. The summed E-state index contributed by atoms with van der Waals surface area (Å²) in [5.41, 5.74) is 3.70. The van der Waals surface area contributed by atoms with Crippen LogP contribution >= 0.6 is 0 Å². The van der Waals surface area contributed by atoms with Gasteiger partial charge in [0, 0.05) is 26.2 Å². The number of aryl methyl sites for hydroxylation is 1. The normalized spacial score (nSPS) is 15.5. The molecular weight excluding hydrogens is 400 g/mol. The molecule has 1 saturated heterocycles. The lowest BCUT2D eigenvalue weighted by atomic mass is 10.0. The minimum atomic E-state index is -3.63. The van der Waals surface area contributed by atoms with E-state index in [1.165, 1.54) is 5.56 Å². The monoisotopic (exact) mass is 432 g/mol. The van der Waals surface area contributed by atoms with E-state index in [0.717, 1.165) is 49.7 Å². The maximum atomic E-state index is 13.0. The molecule has 0 amide bonds. The first-order chi connectivity index (χ1) is 14.3. The van der Waals surface area contributed by atoms with Crippen molar-refractivity contribution in [3.8, 4) is 5.75 Å². The molecule has 30 heavy (non-hydrogen) atoms. The number of rotatable bonds is 8. The molecule has 0 spiro atoms. The molecule has 0 unspecified atom stereocenters. The van der Waals surface area contributed by atoms with Gasteiger partial charge in [-0.2, -0.15) is 0 Å². The number of nitrogens with zero attached hydrogens (tertiary/aromatic N) is 1. The zero-order chi connectivity index (χ0) is 21.7. The third-order valence-corrected chi connectivity index (χ3v) is 6.98. The van der Waals surface area contributed by atoms with Crippen LogP contribution in [-0.4, -0.2) is 46.7 Å². The maximum Gasteiger partial charge on any atom is 0.241 e. The van der Waals surface area contributed by atoms with Gasteiger partial charge in [-0.15, -0.1) is 0 Å². The second-order valence-corrected chi connectivity index (χ2v) is 9.78.